The smallest absolute Gasteiger partial charge is 0.364 e. The number of amides is 2. The number of benzene rings is 1. The molecule has 24 heavy (non-hydrogen) atoms. The summed E-state index contributed by atoms with van der Waals surface area (Å²) in [5, 5.41) is 0.370. The number of pyridine rings is 1. The lowest BCUT2D eigenvalue weighted by Gasteiger charge is -2.13. The van der Waals surface area contributed by atoms with Crippen molar-refractivity contribution in [2.24, 2.45) is 0 Å². The van der Waals surface area contributed by atoms with E-state index in [1.807, 2.05) is 0 Å². The molecule has 0 aliphatic carbocycles. The summed E-state index contributed by atoms with van der Waals surface area (Å²) in [7, 11) is 1.15. The van der Waals surface area contributed by atoms with E-state index in [1.165, 1.54) is 24.4 Å². The maximum Gasteiger partial charge on any atom is 0.364 e. The van der Waals surface area contributed by atoms with Crippen LogP contribution in [0.5, 0.6) is 0 Å². The van der Waals surface area contributed by atoms with Crippen LogP contribution in [0.3, 0.4) is 0 Å². The fourth-order valence-electron chi connectivity index (χ4n) is 2.23. The van der Waals surface area contributed by atoms with Crippen LogP contribution in [-0.2, 0) is 9.57 Å². The van der Waals surface area contributed by atoms with Crippen molar-refractivity contribution in [1.82, 2.24) is 10.0 Å². The number of carbonyl (C=O) groups excluding carboxylic acids is 4. The van der Waals surface area contributed by atoms with Crippen molar-refractivity contribution in [1.29, 1.82) is 0 Å². The fraction of sp³-hybridized carbons (Fsp3) is 0.0625. The molecular weight excluding hydrogens is 316 g/mol. The van der Waals surface area contributed by atoms with Crippen molar-refractivity contribution in [2.75, 3.05) is 7.11 Å². The Labute approximate surface area is 135 Å². The molecule has 3 rings (SSSR count). The predicted molar refractivity (Wildman–Crippen MR) is 77.9 cm³/mol. The summed E-state index contributed by atoms with van der Waals surface area (Å²) >= 11 is 0. The van der Waals surface area contributed by atoms with Gasteiger partial charge in [0.05, 0.1) is 29.4 Å². The van der Waals surface area contributed by atoms with Crippen molar-refractivity contribution in [3.8, 4) is 0 Å². The van der Waals surface area contributed by atoms with Gasteiger partial charge in [-0.15, -0.1) is 0 Å². The summed E-state index contributed by atoms with van der Waals surface area (Å²) in [5.74, 6) is -3.35. The topological polar surface area (TPSA) is 103 Å². The zero-order valence-corrected chi connectivity index (χ0v) is 12.4. The van der Waals surface area contributed by atoms with Gasteiger partial charge in [-0.05, 0) is 18.2 Å². The van der Waals surface area contributed by atoms with Gasteiger partial charge >= 0.3 is 11.9 Å². The predicted octanol–water partition coefficient (Wildman–Crippen LogP) is 1.24. The number of hydroxylamine groups is 2. The van der Waals surface area contributed by atoms with Gasteiger partial charge in [0.15, 0.2) is 0 Å². The maximum absolute atomic E-state index is 12.3. The van der Waals surface area contributed by atoms with E-state index >= 15 is 0 Å². The van der Waals surface area contributed by atoms with Gasteiger partial charge in [0.2, 0.25) is 0 Å². The third-order valence-corrected chi connectivity index (χ3v) is 3.38. The summed E-state index contributed by atoms with van der Waals surface area (Å²) < 4.78 is 4.56. The molecule has 0 atom stereocenters. The molecule has 0 radical (unpaired) electrons. The van der Waals surface area contributed by atoms with E-state index in [0.717, 1.165) is 13.3 Å². The second-order valence-electron chi connectivity index (χ2n) is 4.74. The number of hydrogen-bond acceptors (Lipinski definition) is 7. The van der Waals surface area contributed by atoms with Gasteiger partial charge in [0, 0.05) is 12.4 Å². The molecule has 0 bridgehead atoms. The monoisotopic (exact) mass is 326 g/mol. The van der Waals surface area contributed by atoms with Gasteiger partial charge in [-0.1, -0.05) is 17.2 Å². The molecule has 2 aromatic rings. The number of fused-ring (bicyclic) bond motifs is 1. The Kier molecular flexibility index (Phi) is 3.78. The molecule has 8 nitrogen and oxygen atoms in total. The number of rotatable bonds is 3. The molecule has 0 N–H and O–H groups in total. The molecule has 0 fully saturated rings. The van der Waals surface area contributed by atoms with Crippen LogP contribution in [-0.4, -0.2) is 40.9 Å². The Hall–Kier alpha value is -3.55. The van der Waals surface area contributed by atoms with E-state index in [-0.39, 0.29) is 22.3 Å². The summed E-state index contributed by atoms with van der Waals surface area (Å²) in [6, 6.07) is 7.32. The highest BCUT2D eigenvalue weighted by Gasteiger charge is 2.39. The van der Waals surface area contributed by atoms with Crippen molar-refractivity contribution < 1.29 is 28.8 Å². The van der Waals surface area contributed by atoms with Crippen LogP contribution in [0.1, 0.15) is 41.4 Å². The van der Waals surface area contributed by atoms with Crippen molar-refractivity contribution in [2.45, 2.75) is 0 Å². The summed E-state index contributed by atoms with van der Waals surface area (Å²) in [5.41, 5.74) is -0.0357. The average molecular weight is 326 g/mol. The highest BCUT2D eigenvalue weighted by molar-refractivity contribution is 6.21. The van der Waals surface area contributed by atoms with E-state index in [1.54, 1.807) is 12.1 Å². The van der Waals surface area contributed by atoms with Crippen LogP contribution in [0, 0.1) is 0 Å². The van der Waals surface area contributed by atoms with Gasteiger partial charge in [-0.3, -0.25) is 14.6 Å². The van der Waals surface area contributed by atoms with Crippen LogP contribution in [0.4, 0.5) is 0 Å². The molecule has 0 saturated carbocycles. The summed E-state index contributed by atoms with van der Waals surface area (Å²) in [6.07, 6.45) is 2.40. The van der Waals surface area contributed by atoms with Crippen LogP contribution >= 0.6 is 0 Å². The van der Waals surface area contributed by atoms with E-state index in [4.69, 9.17) is 4.84 Å². The summed E-state index contributed by atoms with van der Waals surface area (Å²) in [6.45, 7) is 0. The first-order chi connectivity index (χ1) is 11.5. The molecule has 0 saturated heterocycles. The van der Waals surface area contributed by atoms with Gasteiger partial charge in [0.25, 0.3) is 11.8 Å². The molecule has 2 heterocycles. The van der Waals surface area contributed by atoms with Crippen molar-refractivity contribution >= 4 is 23.8 Å². The number of hydrogen-bond donors (Lipinski definition) is 0. The van der Waals surface area contributed by atoms with Crippen molar-refractivity contribution in [3.63, 3.8) is 0 Å². The number of ether oxygens (including phenoxy) is 1. The van der Waals surface area contributed by atoms with Gasteiger partial charge < -0.3 is 9.57 Å². The molecule has 2 amide bonds. The van der Waals surface area contributed by atoms with Crippen LogP contribution in [0.2, 0.25) is 0 Å². The second-order valence-corrected chi connectivity index (χ2v) is 4.74. The standard InChI is InChI=1S/C16H10N2O6/c1-23-15(21)12-8-17-7-6-11(12)16(22)24-18-13(19)9-4-2-3-5-10(9)14(18)20/h2-8H,1H3. The van der Waals surface area contributed by atoms with Gasteiger partial charge in [0.1, 0.15) is 0 Å². The minimum Gasteiger partial charge on any atom is -0.465 e. The molecule has 1 aliphatic heterocycles. The minimum atomic E-state index is -1.05. The first kappa shape index (κ1) is 15.3. The number of aromatic nitrogens is 1. The lowest BCUT2D eigenvalue weighted by atomic mass is 10.1. The van der Waals surface area contributed by atoms with E-state index in [0.29, 0.717) is 5.06 Å². The zero-order valence-electron chi connectivity index (χ0n) is 12.4. The Morgan fingerprint density at radius 2 is 1.58 bits per heavy atom. The Morgan fingerprint density at radius 3 is 2.17 bits per heavy atom. The summed E-state index contributed by atoms with van der Waals surface area (Å²) in [4.78, 5) is 56.9. The third kappa shape index (κ3) is 2.39. The van der Waals surface area contributed by atoms with Gasteiger partial charge in [-0.2, -0.15) is 0 Å². The highest BCUT2D eigenvalue weighted by atomic mass is 16.7. The number of imide groups is 1. The van der Waals surface area contributed by atoms with E-state index in [9.17, 15) is 19.2 Å². The minimum absolute atomic E-state index is 0.137. The molecular formula is C16H10N2O6. The van der Waals surface area contributed by atoms with Crippen LogP contribution < -0.4 is 0 Å². The normalized spacial score (nSPS) is 12.8. The van der Waals surface area contributed by atoms with Crippen LogP contribution in [0.25, 0.3) is 0 Å². The van der Waals surface area contributed by atoms with E-state index < -0.39 is 23.8 Å². The first-order valence-corrected chi connectivity index (χ1v) is 6.77. The number of nitrogens with zero attached hydrogens (tertiary/aromatic N) is 2. The molecule has 1 aromatic carbocycles. The Morgan fingerprint density at radius 1 is 0.958 bits per heavy atom. The molecule has 1 aromatic heterocycles. The first-order valence-electron chi connectivity index (χ1n) is 6.77. The zero-order chi connectivity index (χ0) is 17.3. The van der Waals surface area contributed by atoms with Crippen molar-refractivity contribution in [3.05, 3.63) is 65.0 Å². The fourth-order valence-corrected chi connectivity index (χ4v) is 2.23. The number of esters is 1. The lowest BCUT2D eigenvalue weighted by molar-refractivity contribution is -0.0585. The molecule has 120 valence electrons. The SMILES string of the molecule is COC(=O)c1cnccc1C(=O)ON1C(=O)c2ccccc2C1=O. The highest BCUT2D eigenvalue weighted by Crippen LogP contribution is 2.23. The Balaban J connectivity index is 1.89. The second kappa shape index (κ2) is 5.92. The number of methoxy groups -OCH3 is 1. The van der Waals surface area contributed by atoms with E-state index in [2.05, 4.69) is 9.72 Å². The molecule has 1 aliphatic rings. The third-order valence-electron chi connectivity index (χ3n) is 3.38. The maximum atomic E-state index is 12.3. The largest absolute Gasteiger partial charge is 0.465 e. The Bertz CT molecular complexity index is 841. The number of carbonyl (C=O) groups is 4. The van der Waals surface area contributed by atoms with Gasteiger partial charge in [-0.25, -0.2) is 9.59 Å². The quantitative estimate of drug-likeness (QED) is 0.617. The molecule has 0 spiro atoms. The average Bonchev–Trinajstić information content (AvgIpc) is 2.86. The molecule has 0 unspecified atom stereocenters. The lowest BCUT2D eigenvalue weighted by Crippen LogP contribution is -2.33. The molecule has 8 heteroatoms. The van der Waals surface area contributed by atoms with Crippen LogP contribution in [0.15, 0.2) is 42.7 Å².